The van der Waals surface area contributed by atoms with E-state index >= 15 is 0 Å². The summed E-state index contributed by atoms with van der Waals surface area (Å²) in [6.07, 6.45) is 0.156. The van der Waals surface area contributed by atoms with Crippen LogP contribution in [-0.2, 0) is 4.79 Å². The number of hydrogen-bond acceptors (Lipinski definition) is 4. The molecule has 3 aromatic rings. The van der Waals surface area contributed by atoms with E-state index in [1.165, 1.54) is 0 Å². The molecule has 5 heteroatoms. The zero-order valence-corrected chi connectivity index (χ0v) is 17.6. The quantitative estimate of drug-likeness (QED) is 0.612. The van der Waals surface area contributed by atoms with Crippen LogP contribution in [0.4, 0.5) is 5.69 Å². The summed E-state index contributed by atoms with van der Waals surface area (Å²) < 4.78 is 11.7. The number of methoxy groups -OCH3 is 1. The lowest BCUT2D eigenvalue weighted by atomic mass is 10.1. The Balaban J connectivity index is 1.43. The van der Waals surface area contributed by atoms with Gasteiger partial charge in [0.25, 0.3) is 5.91 Å². The van der Waals surface area contributed by atoms with Gasteiger partial charge in [0.15, 0.2) is 6.10 Å². The van der Waals surface area contributed by atoms with Crippen LogP contribution >= 0.6 is 0 Å². The predicted octanol–water partition coefficient (Wildman–Crippen LogP) is 4.35. The number of piperazine rings is 1. The number of carbonyl (C=O) groups is 1. The average Bonchev–Trinajstić information content (AvgIpc) is 2.82. The van der Waals surface area contributed by atoms with Crippen molar-refractivity contribution in [3.63, 3.8) is 0 Å². The molecule has 1 aliphatic rings. The van der Waals surface area contributed by atoms with Crippen LogP contribution in [0.2, 0.25) is 0 Å². The van der Waals surface area contributed by atoms with Gasteiger partial charge >= 0.3 is 0 Å². The smallest absolute Gasteiger partial charge is 0.263 e. The molecule has 1 heterocycles. The van der Waals surface area contributed by atoms with Gasteiger partial charge in [-0.3, -0.25) is 4.79 Å². The predicted molar refractivity (Wildman–Crippen MR) is 120 cm³/mol. The SMILES string of the molecule is CC[C@@H](Oc1cccc2ccccc12)C(=O)N1CCN(c2ccccc2OC)CC1. The zero-order valence-electron chi connectivity index (χ0n) is 17.6. The second-order valence-electron chi connectivity index (χ2n) is 7.48. The minimum atomic E-state index is -0.478. The molecule has 0 aromatic heterocycles. The number of anilines is 1. The normalized spacial score (nSPS) is 15.1. The molecule has 1 atom stereocenters. The number of hydrogen-bond donors (Lipinski definition) is 0. The highest BCUT2D eigenvalue weighted by Crippen LogP contribution is 2.29. The van der Waals surface area contributed by atoms with Gasteiger partial charge in [-0.25, -0.2) is 0 Å². The molecule has 0 aliphatic carbocycles. The molecule has 0 bridgehead atoms. The standard InChI is InChI=1S/C25H28N2O3/c1-3-22(30-23-14-8-10-19-9-4-5-11-20(19)23)25(28)27-17-15-26(16-18-27)21-12-6-7-13-24(21)29-2/h4-14,22H,3,15-18H2,1-2H3/t22-/m1/s1. The van der Waals surface area contributed by atoms with E-state index in [1.54, 1.807) is 7.11 Å². The summed E-state index contributed by atoms with van der Waals surface area (Å²) in [5.74, 6) is 1.69. The molecule has 3 aromatic carbocycles. The Morgan fingerprint density at radius 3 is 2.33 bits per heavy atom. The van der Waals surface area contributed by atoms with Crippen LogP contribution in [0.15, 0.2) is 66.7 Å². The molecular weight excluding hydrogens is 376 g/mol. The maximum atomic E-state index is 13.2. The van der Waals surface area contributed by atoms with Crippen molar-refractivity contribution in [1.29, 1.82) is 0 Å². The molecule has 1 aliphatic heterocycles. The minimum absolute atomic E-state index is 0.0603. The van der Waals surface area contributed by atoms with E-state index in [9.17, 15) is 4.79 Å². The number of nitrogens with zero attached hydrogens (tertiary/aromatic N) is 2. The Labute approximate surface area is 177 Å². The van der Waals surface area contributed by atoms with Gasteiger partial charge in [-0.15, -0.1) is 0 Å². The van der Waals surface area contributed by atoms with Crippen molar-refractivity contribution in [1.82, 2.24) is 4.90 Å². The lowest BCUT2D eigenvalue weighted by Gasteiger charge is -2.37. The van der Waals surface area contributed by atoms with E-state index in [-0.39, 0.29) is 5.91 Å². The Bertz CT molecular complexity index is 1010. The van der Waals surface area contributed by atoms with Crippen molar-refractivity contribution in [3.8, 4) is 11.5 Å². The highest BCUT2D eigenvalue weighted by atomic mass is 16.5. The monoisotopic (exact) mass is 404 g/mol. The lowest BCUT2D eigenvalue weighted by Crippen LogP contribution is -2.52. The number of carbonyl (C=O) groups excluding carboxylic acids is 1. The maximum absolute atomic E-state index is 13.2. The fraction of sp³-hybridized carbons (Fsp3) is 0.320. The Morgan fingerprint density at radius 2 is 1.57 bits per heavy atom. The first-order valence-corrected chi connectivity index (χ1v) is 10.5. The van der Waals surface area contributed by atoms with E-state index in [0.29, 0.717) is 19.5 Å². The molecule has 5 nitrogen and oxygen atoms in total. The Hall–Kier alpha value is -3.21. The highest BCUT2D eigenvalue weighted by Gasteiger charge is 2.29. The third-order valence-corrected chi connectivity index (χ3v) is 5.68. The van der Waals surface area contributed by atoms with Gasteiger partial charge in [0.2, 0.25) is 0 Å². The molecule has 1 saturated heterocycles. The number of ether oxygens (including phenoxy) is 2. The zero-order chi connectivity index (χ0) is 20.9. The summed E-state index contributed by atoms with van der Waals surface area (Å²) in [5.41, 5.74) is 1.08. The van der Waals surface area contributed by atoms with Gasteiger partial charge in [0.05, 0.1) is 12.8 Å². The molecule has 30 heavy (non-hydrogen) atoms. The van der Waals surface area contributed by atoms with Crippen molar-refractivity contribution in [2.24, 2.45) is 0 Å². The van der Waals surface area contributed by atoms with Crippen molar-refractivity contribution >= 4 is 22.4 Å². The van der Waals surface area contributed by atoms with Crippen molar-refractivity contribution < 1.29 is 14.3 Å². The second-order valence-corrected chi connectivity index (χ2v) is 7.48. The number of benzene rings is 3. The molecule has 4 rings (SSSR count). The summed E-state index contributed by atoms with van der Waals surface area (Å²) in [5, 5.41) is 2.15. The molecule has 1 amide bonds. The fourth-order valence-corrected chi connectivity index (χ4v) is 4.02. The third kappa shape index (κ3) is 4.06. The largest absolute Gasteiger partial charge is 0.495 e. The number of para-hydroxylation sites is 2. The molecule has 156 valence electrons. The Kier molecular flexibility index (Phi) is 6.07. The van der Waals surface area contributed by atoms with Gasteiger partial charge in [0.1, 0.15) is 11.5 Å². The first kappa shape index (κ1) is 20.1. The average molecular weight is 405 g/mol. The first-order valence-electron chi connectivity index (χ1n) is 10.5. The van der Waals surface area contributed by atoms with Crippen LogP contribution in [0.25, 0.3) is 10.8 Å². The van der Waals surface area contributed by atoms with Crippen molar-refractivity contribution in [2.75, 3.05) is 38.2 Å². The summed E-state index contributed by atoms with van der Waals surface area (Å²) >= 11 is 0. The van der Waals surface area contributed by atoms with Crippen LogP contribution < -0.4 is 14.4 Å². The van der Waals surface area contributed by atoms with Crippen LogP contribution in [0.5, 0.6) is 11.5 Å². The van der Waals surface area contributed by atoms with Gasteiger partial charge in [-0.1, -0.05) is 55.5 Å². The van der Waals surface area contributed by atoms with E-state index in [2.05, 4.69) is 23.1 Å². The van der Waals surface area contributed by atoms with Crippen LogP contribution in [0.3, 0.4) is 0 Å². The number of rotatable bonds is 6. The van der Waals surface area contributed by atoms with E-state index in [4.69, 9.17) is 9.47 Å². The van der Waals surface area contributed by atoms with Crippen LogP contribution in [-0.4, -0.2) is 50.2 Å². The topological polar surface area (TPSA) is 42.0 Å². The van der Waals surface area contributed by atoms with Crippen molar-refractivity contribution in [2.45, 2.75) is 19.4 Å². The second kappa shape index (κ2) is 9.08. The molecule has 0 unspecified atom stereocenters. The summed E-state index contributed by atoms with van der Waals surface area (Å²) in [4.78, 5) is 17.4. The minimum Gasteiger partial charge on any atom is -0.495 e. The summed E-state index contributed by atoms with van der Waals surface area (Å²) in [7, 11) is 1.69. The van der Waals surface area contributed by atoms with Gasteiger partial charge in [-0.2, -0.15) is 0 Å². The lowest BCUT2D eigenvalue weighted by molar-refractivity contribution is -0.139. The maximum Gasteiger partial charge on any atom is 0.263 e. The summed E-state index contributed by atoms with van der Waals surface area (Å²) in [6.45, 7) is 4.89. The van der Waals surface area contributed by atoms with Crippen molar-refractivity contribution in [3.05, 3.63) is 66.7 Å². The Morgan fingerprint density at radius 1 is 0.900 bits per heavy atom. The van der Waals surface area contributed by atoms with E-state index in [0.717, 1.165) is 41.0 Å². The molecule has 1 fully saturated rings. The molecule has 0 saturated carbocycles. The number of amides is 1. The highest BCUT2D eigenvalue weighted by molar-refractivity contribution is 5.89. The molecule has 0 spiro atoms. The first-order chi connectivity index (χ1) is 14.7. The third-order valence-electron chi connectivity index (χ3n) is 5.68. The van der Waals surface area contributed by atoms with Crippen LogP contribution in [0, 0.1) is 0 Å². The van der Waals surface area contributed by atoms with Gasteiger partial charge in [-0.05, 0) is 30.0 Å². The van der Waals surface area contributed by atoms with Gasteiger partial charge in [0, 0.05) is 31.6 Å². The summed E-state index contributed by atoms with van der Waals surface area (Å²) in [6, 6.07) is 22.1. The van der Waals surface area contributed by atoms with Crippen LogP contribution in [0.1, 0.15) is 13.3 Å². The number of fused-ring (bicyclic) bond motifs is 1. The fourth-order valence-electron chi connectivity index (χ4n) is 4.02. The molecular formula is C25H28N2O3. The molecule has 0 N–H and O–H groups in total. The van der Waals surface area contributed by atoms with E-state index < -0.39 is 6.10 Å². The van der Waals surface area contributed by atoms with Gasteiger partial charge < -0.3 is 19.3 Å². The molecule has 0 radical (unpaired) electrons. The van der Waals surface area contributed by atoms with E-state index in [1.807, 2.05) is 60.4 Å².